The van der Waals surface area contributed by atoms with E-state index in [4.69, 9.17) is 9.57 Å². The maximum absolute atomic E-state index is 13.5. The van der Waals surface area contributed by atoms with Crippen molar-refractivity contribution >= 4 is 17.7 Å². The first-order valence-corrected chi connectivity index (χ1v) is 12.2. The van der Waals surface area contributed by atoms with Crippen LogP contribution in [-0.2, 0) is 32.3 Å². The highest BCUT2D eigenvalue weighted by atomic mass is 16.7. The third-order valence-electron chi connectivity index (χ3n) is 6.86. The number of hydrogen-bond donors (Lipinski definition) is 1. The van der Waals surface area contributed by atoms with Crippen molar-refractivity contribution in [2.75, 3.05) is 13.7 Å². The fourth-order valence-corrected chi connectivity index (χ4v) is 4.96. The Morgan fingerprint density at radius 2 is 1.65 bits per heavy atom. The second-order valence-corrected chi connectivity index (χ2v) is 9.32. The van der Waals surface area contributed by atoms with Gasteiger partial charge in [-0.15, -0.1) is 0 Å². The van der Waals surface area contributed by atoms with Gasteiger partial charge in [-0.25, -0.2) is 0 Å². The van der Waals surface area contributed by atoms with Crippen LogP contribution in [-0.4, -0.2) is 47.4 Å². The number of hydrogen-bond acceptors (Lipinski definition) is 6. The Morgan fingerprint density at radius 1 is 0.946 bits per heavy atom. The van der Waals surface area contributed by atoms with Crippen molar-refractivity contribution in [1.82, 2.24) is 15.3 Å². The molecule has 190 valence electrons. The largest absolute Gasteiger partial charge is 0.496 e. The summed E-state index contributed by atoms with van der Waals surface area (Å²) >= 11 is 0. The highest BCUT2D eigenvalue weighted by Gasteiger charge is 2.59. The van der Waals surface area contributed by atoms with E-state index in [1.54, 1.807) is 7.11 Å². The van der Waals surface area contributed by atoms with Crippen molar-refractivity contribution in [2.45, 2.75) is 32.2 Å². The molecule has 0 bridgehead atoms. The van der Waals surface area contributed by atoms with Gasteiger partial charge in [0, 0.05) is 12.1 Å². The van der Waals surface area contributed by atoms with Crippen LogP contribution in [0, 0.1) is 12.8 Å². The number of fused-ring (bicyclic) bond motifs is 1. The molecule has 0 aliphatic carbocycles. The van der Waals surface area contributed by atoms with E-state index in [0.29, 0.717) is 5.75 Å². The van der Waals surface area contributed by atoms with E-state index in [1.807, 2.05) is 85.8 Å². The maximum Gasteiger partial charge on any atom is 0.261 e. The van der Waals surface area contributed by atoms with Gasteiger partial charge >= 0.3 is 0 Å². The van der Waals surface area contributed by atoms with Crippen molar-refractivity contribution < 1.29 is 24.0 Å². The maximum atomic E-state index is 13.5. The van der Waals surface area contributed by atoms with Gasteiger partial charge in [-0.2, -0.15) is 5.06 Å². The van der Waals surface area contributed by atoms with E-state index in [9.17, 15) is 14.4 Å². The summed E-state index contributed by atoms with van der Waals surface area (Å²) in [5.74, 6) is -1.01. The van der Waals surface area contributed by atoms with E-state index in [1.165, 1.54) is 9.96 Å². The average molecular weight is 500 g/mol. The quantitative estimate of drug-likeness (QED) is 0.479. The molecule has 2 aliphatic rings. The molecule has 2 aliphatic heterocycles. The number of imide groups is 1. The Bertz CT molecular complexity index is 1290. The molecule has 37 heavy (non-hydrogen) atoms. The number of amides is 3. The first-order valence-electron chi connectivity index (χ1n) is 12.2. The minimum Gasteiger partial charge on any atom is -0.496 e. The Balaban J connectivity index is 1.35. The number of hydroxylamine groups is 2. The zero-order valence-corrected chi connectivity index (χ0v) is 20.8. The van der Waals surface area contributed by atoms with Crippen molar-refractivity contribution in [1.29, 1.82) is 0 Å². The number of para-hydroxylation sites is 1. The molecule has 3 amide bonds. The summed E-state index contributed by atoms with van der Waals surface area (Å²) < 4.78 is 5.36. The Kier molecular flexibility index (Phi) is 7.03. The Morgan fingerprint density at radius 3 is 2.38 bits per heavy atom. The van der Waals surface area contributed by atoms with Crippen LogP contribution in [0.5, 0.6) is 5.75 Å². The van der Waals surface area contributed by atoms with Gasteiger partial charge in [0.15, 0.2) is 6.10 Å². The molecule has 2 fully saturated rings. The molecule has 8 nitrogen and oxygen atoms in total. The summed E-state index contributed by atoms with van der Waals surface area (Å²) in [4.78, 5) is 47.1. The first kappa shape index (κ1) is 24.7. The van der Waals surface area contributed by atoms with Gasteiger partial charge in [-0.05, 0) is 24.1 Å². The number of methoxy groups -OCH3 is 1. The normalized spacial score (nSPS) is 21.2. The molecular weight excluding hydrogens is 470 g/mol. The standard InChI is InChI=1S/C29H29N3O5/c1-19-12-14-21(15-13-19)26-25-27(29(35)31(28(25)34)17-20-8-4-3-5-9-20)37-32(26)18-24(33)30-16-22-10-6-7-11-23(22)36-2/h3-15,25-27H,16-18H2,1-2H3,(H,30,33). The number of nitrogens with one attached hydrogen (secondary N) is 1. The molecule has 0 radical (unpaired) electrons. The van der Waals surface area contributed by atoms with Crippen molar-refractivity contribution in [2.24, 2.45) is 5.92 Å². The van der Waals surface area contributed by atoms with Gasteiger partial charge in [0.25, 0.3) is 5.91 Å². The summed E-state index contributed by atoms with van der Waals surface area (Å²) in [7, 11) is 1.58. The van der Waals surface area contributed by atoms with Crippen molar-refractivity contribution in [3.8, 4) is 5.75 Å². The molecule has 8 heteroatoms. The Hall–Kier alpha value is -4.01. The Labute approximate surface area is 215 Å². The van der Waals surface area contributed by atoms with Crippen LogP contribution in [0.4, 0.5) is 0 Å². The van der Waals surface area contributed by atoms with Gasteiger partial charge < -0.3 is 10.1 Å². The lowest BCUT2D eigenvalue weighted by Crippen LogP contribution is -2.41. The van der Waals surface area contributed by atoms with Gasteiger partial charge in [-0.1, -0.05) is 78.4 Å². The molecule has 1 N–H and O–H groups in total. The number of aryl methyl sites for hydroxylation is 1. The van der Waals surface area contributed by atoms with Crippen LogP contribution in [0.15, 0.2) is 78.9 Å². The van der Waals surface area contributed by atoms with Crippen molar-refractivity contribution in [3.63, 3.8) is 0 Å². The van der Waals surface area contributed by atoms with E-state index < -0.39 is 18.1 Å². The predicted octanol–water partition coefficient (Wildman–Crippen LogP) is 3.16. The van der Waals surface area contributed by atoms with Crippen LogP contribution in [0.2, 0.25) is 0 Å². The summed E-state index contributed by atoms with van der Waals surface area (Å²) in [6.45, 7) is 2.32. The molecule has 3 aromatic carbocycles. The number of carbonyl (C=O) groups is 3. The predicted molar refractivity (Wildman–Crippen MR) is 136 cm³/mol. The summed E-state index contributed by atoms with van der Waals surface area (Å²) in [5.41, 5.74) is 3.59. The van der Waals surface area contributed by atoms with Crippen LogP contribution in [0.25, 0.3) is 0 Å². The zero-order chi connectivity index (χ0) is 25.9. The molecule has 3 unspecified atom stereocenters. The average Bonchev–Trinajstić information content (AvgIpc) is 3.39. The van der Waals surface area contributed by atoms with Crippen LogP contribution < -0.4 is 10.1 Å². The van der Waals surface area contributed by atoms with E-state index >= 15 is 0 Å². The van der Waals surface area contributed by atoms with Crippen LogP contribution >= 0.6 is 0 Å². The lowest BCUT2D eigenvalue weighted by atomic mass is 9.90. The molecule has 3 aromatic rings. The fraction of sp³-hybridized carbons (Fsp3) is 0.276. The number of ether oxygens (including phenoxy) is 1. The van der Waals surface area contributed by atoms with Gasteiger partial charge in [0.1, 0.15) is 12.3 Å². The number of rotatable bonds is 8. The zero-order valence-electron chi connectivity index (χ0n) is 20.8. The summed E-state index contributed by atoms with van der Waals surface area (Å²) in [5, 5.41) is 4.37. The molecule has 0 aromatic heterocycles. The molecule has 3 atom stereocenters. The second-order valence-electron chi connectivity index (χ2n) is 9.32. The number of likely N-dealkylation sites (tertiary alicyclic amines) is 1. The smallest absolute Gasteiger partial charge is 0.261 e. The van der Waals surface area contributed by atoms with Crippen LogP contribution in [0.1, 0.15) is 28.3 Å². The third kappa shape index (κ3) is 4.98. The summed E-state index contributed by atoms with van der Waals surface area (Å²) in [6, 6.07) is 24.0. The van der Waals surface area contributed by atoms with Crippen molar-refractivity contribution in [3.05, 3.63) is 101 Å². The van der Waals surface area contributed by atoms with Gasteiger partial charge in [-0.3, -0.25) is 24.1 Å². The molecule has 5 rings (SSSR count). The molecule has 2 saturated heterocycles. The van der Waals surface area contributed by atoms with Crippen LogP contribution in [0.3, 0.4) is 0 Å². The lowest BCUT2D eigenvalue weighted by Gasteiger charge is -2.27. The molecule has 2 heterocycles. The monoisotopic (exact) mass is 499 g/mol. The minimum atomic E-state index is -0.968. The van der Waals surface area contributed by atoms with E-state index in [2.05, 4.69) is 5.32 Å². The topological polar surface area (TPSA) is 88.2 Å². The minimum absolute atomic E-state index is 0.125. The summed E-state index contributed by atoms with van der Waals surface area (Å²) in [6.07, 6.45) is -0.968. The van der Waals surface area contributed by atoms with Gasteiger partial charge in [0.05, 0.1) is 25.6 Å². The van der Waals surface area contributed by atoms with E-state index in [-0.39, 0.29) is 37.4 Å². The second kappa shape index (κ2) is 10.5. The molecular formula is C29H29N3O5. The highest BCUT2D eigenvalue weighted by Crippen LogP contribution is 2.44. The first-order chi connectivity index (χ1) is 18.0. The third-order valence-corrected chi connectivity index (χ3v) is 6.86. The van der Waals surface area contributed by atoms with E-state index in [0.717, 1.165) is 22.3 Å². The van der Waals surface area contributed by atoms with Gasteiger partial charge in [0.2, 0.25) is 11.8 Å². The fourth-order valence-electron chi connectivity index (χ4n) is 4.96. The SMILES string of the molecule is COc1ccccc1CNC(=O)CN1OC2C(=O)N(Cc3ccccc3)C(=O)C2C1c1ccc(C)cc1. The lowest BCUT2D eigenvalue weighted by molar-refractivity contribution is -0.182. The number of benzene rings is 3. The highest BCUT2D eigenvalue weighted by molar-refractivity contribution is 6.07. The molecule has 0 saturated carbocycles. The molecule has 0 spiro atoms. The number of nitrogens with zero attached hydrogens (tertiary/aromatic N) is 2. The number of carbonyl (C=O) groups excluding carboxylic acids is 3.